The first kappa shape index (κ1) is 25.2. The lowest BCUT2D eigenvalue weighted by atomic mass is 9.95. The Bertz CT molecular complexity index is 2620. The van der Waals surface area contributed by atoms with Crippen LogP contribution >= 0.6 is 0 Å². The molecule has 2 aromatic heterocycles. The Kier molecular flexibility index (Phi) is 5.31. The van der Waals surface area contributed by atoms with Crippen molar-refractivity contribution in [3.8, 4) is 33.4 Å². The lowest BCUT2D eigenvalue weighted by Gasteiger charge is -2.07. The SMILES string of the molecule is c1ccc(-c2c3oc4c(-c5cccc6ccccc56)cccc4c3cc3c2oc2c(-c4cccc5ccccc45)cccc23)cc1. The summed E-state index contributed by atoms with van der Waals surface area (Å²) < 4.78 is 14.0. The molecule has 0 aliphatic carbocycles. The zero-order valence-corrected chi connectivity index (χ0v) is 24.8. The van der Waals surface area contributed by atoms with E-state index in [1.165, 1.54) is 21.5 Å². The zero-order valence-electron chi connectivity index (χ0n) is 24.8. The lowest BCUT2D eigenvalue weighted by molar-refractivity contribution is 0.659. The van der Waals surface area contributed by atoms with Gasteiger partial charge in [-0.3, -0.25) is 0 Å². The molecule has 0 aliphatic heterocycles. The maximum absolute atomic E-state index is 6.99. The highest BCUT2D eigenvalue weighted by Crippen LogP contribution is 2.48. The summed E-state index contributed by atoms with van der Waals surface area (Å²) in [6.07, 6.45) is 0. The van der Waals surface area contributed by atoms with E-state index in [1.807, 2.05) is 0 Å². The van der Waals surface area contributed by atoms with Crippen LogP contribution in [0.4, 0.5) is 0 Å². The van der Waals surface area contributed by atoms with E-state index in [1.54, 1.807) is 0 Å². The van der Waals surface area contributed by atoms with E-state index in [9.17, 15) is 0 Å². The summed E-state index contributed by atoms with van der Waals surface area (Å²) in [5, 5.41) is 9.21. The van der Waals surface area contributed by atoms with E-state index in [0.717, 1.165) is 77.3 Å². The predicted molar refractivity (Wildman–Crippen MR) is 192 cm³/mol. The normalized spacial score (nSPS) is 11.9. The lowest BCUT2D eigenvalue weighted by Crippen LogP contribution is -1.82. The number of furan rings is 2. The minimum atomic E-state index is 0.840. The topological polar surface area (TPSA) is 26.3 Å². The molecule has 0 radical (unpaired) electrons. The fraction of sp³-hybridized carbons (Fsp3) is 0. The highest BCUT2D eigenvalue weighted by atomic mass is 16.3. The average molecular weight is 587 g/mol. The molecule has 0 saturated carbocycles. The summed E-state index contributed by atoms with van der Waals surface area (Å²) in [5.41, 5.74) is 10.0. The van der Waals surface area contributed by atoms with Gasteiger partial charge < -0.3 is 8.83 Å². The predicted octanol–water partition coefficient (Wildman–Crippen LogP) is 12.8. The van der Waals surface area contributed by atoms with Crippen LogP contribution < -0.4 is 0 Å². The molecular formula is C44H26O2. The number of hydrogen-bond acceptors (Lipinski definition) is 2. The summed E-state index contributed by atoms with van der Waals surface area (Å²) in [6, 6.07) is 55.8. The van der Waals surface area contributed by atoms with E-state index < -0.39 is 0 Å². The molecule has 214 valence electrons. The van der Waals surface area contributed by atoms with Gasteiger partial charge in [0.25, 0.3) is 0 Å². The van der Waals surface area contributed by atoms with Crippen LogP contribution in [0, 0.1) is 0 Å². The number of benzene rings is 8. The van der Waals surface area contributed by atoms with E-state index in [0.29, 0.717) is 0 Å². The van der Waals surface area contributed by atoms with Crippen LogP contribution in [0.3, 0.4) is 0 Å². The fourth-order valence-corrected chi connectivity index (χ4v) is 7.39. The van der Waals surface area contributed by atoms with Crippen molar-refractivity contribution in [2.45, 2.75) is 0 Å². The summed E-state index contributed by atoms with van der Waals surface area (Å²) in [7, 11) is 0. The van der Waals surface area contributed by atoms with Gasteiger partial charge in [0.1, 0.15) is 22.3 Å². The minimum Gasteiger partial charge on any atom is -0.455 e. The Hall–Kier alpha value is -6.12. The van der Waals surface area contributed by atoms with Crippen LogP contribution in [0.15, 0.2) is 167 Å². The molecule has 10 rings (SSSR count). The third-order valence-electron chi connectivity index (χ3n) is 9.47. The van der Waals surface area contributed by atoms with E-state index >= 15 is 0 Å². The minimum absolute atomic E-state index is 0.840. The Morgan fingerprint density at radius 3 is 1.24 bits per heavy atom. The summed E-state index contributed by atoms with van der Waals surface area (Å²) in [6.45, 7) is 0. The molecule has 0 aliphatic rings. The molecule has 0 N–H and O–H groups in total. The fourth-order valence-electron chi connectivity index (χ4n) is 7.39. The largest absolute Gasteiger partial charge is 0.455 e. The standard InChI is InChI=1S/C44H26O2/c1-2-14-29(15-3-1)40-43-38(36-24-10-22-34(41(36)45-43)32-20-8-16-27-12-4-6-18-30(27)32)26-39-37-25-11-23-35(42(37)46-44(39)40)33-21-9-17-28-13-5-7-19-31(28)33/h1-26H. The third-order valence-corrected chi connectivity index (χ3v) is 9.47. The van der Waals surface area contributed by atoms with Crippen LogP contribution in [-0.4, -0.2) is 0 Å². The number of rotatable bonds is 3. The molecular weight excluding hydrogens is 560 g/mol. The second kappa shape index (κ2) is 9.69. The number of hydrogen-bond donors (Lipinski definition) is 0. The molecule has 0 spiro atoms. The molecule has 8 aromatic carbocycles. The van der Waals surface area contributed by atoms with Crippen LogP contribution in [0.5, 0.6) is 0 Å². The molecule has 0 saturated heterocycles. The van der Waals surface area contributed by atoms with Crippen molar-refractivity contribution in [2.24, 2.45) is 0 Å². The van der Waals surface area contributed by atoms with Gasteiger partial charge in [-0.15, -0.1) is 0 Å². The van der Waals surface area contributed by atoms with Gasteiger partial charge in [0.2, 0.25) is 0 Å². The molecule has 0 unspecified atom stereocenters. The van der Waals surface area contributed by atoms with Gasteiger partial charge >= 0.3 is 0 Å². The molecule has 46 heavy (non-hydrogen) atoms. The van der Waals surface area contributed by atoms with Crippen molar-refractivity contribution in [3.05, 3.63) is 158 Å². The van der Waals surface area contributed by atoms with Gasteiger partial charge in [0.05, 0.1) is 5.56 Å². The van der Waals surface area contributed by atoms with Gasteiger partial charge in [-0.1, -0.05) is 152 Å². The Morgan fingerprint density at radius 1 is 0.283 bits per heavy atom. The maximum atomic E-state index is 6.99. The van der Waals surface area contributed by atoms with Crippen LogP contribution in [0.25, 0.3) is 98.8 Å². The van der Waals surface area contributed by atoms with Gasteiger partial charge in [0, 0.05) is 32.7 Å². The molecule has 0 bridgehead atoms. The Morgan fingerprint density at radius 2 is 0.696 bits per heavy atom. The van der Waals surface area contributed by atoms with Crippen molar-refractivity contribution in [3.63, 3.8) is 0 Å². The van der Waals surface area contributed by atoms with E-state index in [-0.39, 0.29) is 0 Å². The van der Waals surface area contributed by atoms with Crippen molar-refractivity contribution >= 4 is 65.4 Å². The summed E-state index contributed by atoms with van der Waals surface area (Å²) in [5.74, 6) is 0. The van der Waals surface area contributed by atoms with Crippen LogP contribution in [0.2, 0.25) is 0 Å². The Labute approximate surface area is 264 Å². The van der Waals surface area contributed by atoms with E-state index in [2.05, 4.69) is 158 Å². The van der Waals surface area contributed by atoms with Gasteiger partial charge in [0.15, 0.2) is 0 Å². The van der Waals surface area contributed by atoms with Crippen molar-refractivity contribution in [2.75, 3.05) is 0 Å². The molecule has 2 nitrogen and oxygen atoms in total. The Balaban J connectivity index is 1.32. The molecule has 10 aromatic rings. The molecule has 0 amide bonds. The summed E-state index contributed by atoms with van der Waals surface area (Å²) >= 11 is 0. The average Bonchev–Trinajstić information content (AvgIpc) is 3.69. The van der Waals surface area contributed by atoms with Crippen LogP contribution in [-0.2, 0) is 0 Å². The smallest absolute Gasteiger partial charge is 0.147 e. The van der Waals surface area contributed by atoms with Gasteiger partial charge in [-0.2, -0.15) is 0 Å². The third kappa shape index (κ3) is 3.59. The monoisotopic (exact) mass is 586 g/mol. The van der Waals surface area contributed by atoms with Crippen molar-refractivity contribution in [1.29, 1.82) is 0 Å². The molecule has 0 atom stereocenters. The highest BCUT2D eigenvalue weighted by molar-refractivity contribution is 6.24. The summed E-state index contributed by atoms with van der Waals surface area (Å²) in [4.78, 5) is 0. The quantitative estimate of drug-likeness (QED) is 0.206. The second-order valence-corrected chi connectivity index (χ2v) is 12.0. The molecule has 2 heterocycles. The van der Waals surface area contributed by atoms with E-state index in [4.69, 9.17) is 8.83 Å². The first-order valence-corrected chi connectivity index (χ1v) is 15.7. The van der Waals surface area contributed by atoms with Crippen LogP contribution in [0.1, 0.15) is 0 Å². The maximum Gasteiger partial charge on any atom is 0.147 e. The zero-order chi connectivity index (χ0) is 30.2. The molecule has 0 fully saturated rings. The van der Waals surface area contributed by atoms with Crippen molar-refractivity contribution in [1.82, 2.24) is 0 Å². The first-order chi connectivity index (χ1) is 22.8. The number of fused-ring (bicyclic) bond motifs is 8. The second-order valence-electron chi connectivity index (χ2n) is 12.0. The highest BCUT2D eigenvalue weighted by Gasteiger charge is 2.24. The first-order valence-electron chi connectivity index (χ1n) is 15.7. The van der Waals surface area contributed by atoms with Gasteiger partial charge in [-0.25, -0.2) is 0 Å². The number of para-hydroxylation sites is 2. The molecule has 2 heteroatoms. The van der Waals surface area contributed by atoms with Gasteiger partial charge in [-0.05, 0) is 44.3 Å². The van der Waals surface area contributed by atoms with Crippen molar-refractivity contribution < 1.29 is 8.83 Å².